The summed E-state index contributed by atoms with van der Waals surface area (Å²) in [6.07, 6.45) is 0.582. The molecule has 0 amide bonds. The summed E-state index contributed by atoms with van der Waals surface area (Å²) >= 11 is 0. The Morgan fingerprint density at radius 3 is 2.64 bits per heavy atom. The number of hydrogen-bond acceptors (Lipinski definition) is 5. The lowest BCUT2D eigenvalue weighted by Crippen LogP contribution is -2.40. The molecular formula is C13H14N2O6S. The third-order valence-electron chi connectivity index (χ3n) is 3.83. The molecule has 1 aliphatic rings. The molecule has 1 aliphatic heterocycles. The van der Waals surface area contributed by atoms with Crippen LogP contribution in [0.4, 0.5) is 0 Å². The molecule has 9 heteroatoms. The van der Waals surface area contributed by atoms with Gasteiger partial charge in [-0.3, -0.25) is 9.78 Å². The van der Waals surface area contributed by atoms with Crippen molar-refractivity contribution in [1.29, 1.82) is 0 Å². The highest BCUT2D eigenvalue weighted by Gasteiger charge is 2.32. The van der Waals surface area contributed by atoms with Gasteiger partial charge in [0.25, 0.3) is 0 Å². The predicted molar refractivity (Wildman–Crippen MR) is 76.0 cm³/mol. The highest BCUT2D eigenvalue weighted by atomic mass is 32.2. The number of aromatic nitrogens is 1. The number of carboxylic acid groups (broad SMARTS) is 1. The Bertz CT molecular complexity index is 873. The maximum Gasteiger partial charge on any atom is 0.417 e. The maximum atomic E-state index is 12.6. The first kappa shape index (κ1) is 14.8. The fourth-order valence-corrected chi connectivity index (χ4v) is 4.08. The molecule has 1 saturated heterocycles. The molecule has 0 spiro atoms. The van der Waals surface area contributed by atoms with E-state index in [1.807, 2.05) is 0 Å². The highest BCUT2D eigenvalue weighted by molar-refractivity contribution is 7.89. The molecule has 2 aromatic rings. The summed E-state index contributed by atoms with van der Waals surface area (Å²) in [6.45, 7) is 0.332. The van der Waals surface area contributed by atoms with Crippen molar-refractivity contribution in [3.63, 3.8) is 0 Å². The molecule has 1 fully saturated rings. The van der Waals surface area contributed by atoms with Gasteiger partial charge < -0.3 is 9.52 Å². The molecule has 0 saturated carbocycles. The zero-order valence-electron chi connectivity index (χ0n) is 11.5. The normalized spacial score (nSPS) is 17.8. The summed E-state index contributed by atoms with van der Waals surface area (Å²) in [5.74, 6) is -2.04. The highest BCUT2D eigenvalue weighted by Crippen LogP contribution is 2.25. The number of aromatic amines is 1. The van der Waals surface area contributed by atoms with Crippen LogP contribution in [-0.4, -0.2) is 41.9 Å². The Morgan fingerprint density at radius 2 is 2.00 bits per heavy atom. The van der Waals surface area contributed by atoms with Gasteiger partial charge in [-0.2, -0.15) is 4.31 Å². The number of carboxylic acids is 1. The summed E-state index contributed by atoms with van der Waals surface area (Å²) in [7, 11) is -3.72. The summed E-state index contributed by atoms with van der Waals surface area (Å²) in [5, 5.41) is 8.95. The molecule has 0 bridgehead atoms. The van der Waals surface area contributed by atoms with Gasteiger partial charge in [0.05, 0.1) is 16.3 Å². The maximum absolute atomic E-state index is 12.6. The van der Waals surface area contributed by atoms with E-state index < -0.39 is 27.7 Å². The second-order valence-corrected chi connectivity index (χ2v) is 7.13. The number of rotatable bonds is 3. The van der Waals surface area contributed by atoms with E-state index in [2.05, 4.69) is 4.98 Å². The number of sulfonamides is 1. The minimum absolute atomic E-state index is 0.0471. The van der Waals surface area contributed by atoms with E-state index in [4.69, 9.17) is 9.52 Å². The monoisotopic (exact) mass is 326 g/mol. The summed E-state index contributed by atoms with van der Waals surface area (Å²) < 4.78 is 31.2. The molecule has 2 N–H and O–H groups in total. The number of oxazole rings is 1. The number of nitrogens with one attached hydrogen (secondary N) is 1. The third-order valence-corrected chi connectivity index (χ3v) is 5.73. The Kier molecular flexibility index (Phi) is 3.53. The molecule has 0 radical (unpaired) electrons. The van der Waals surface area contributed by atoms with E-state index in [0.29, 0.717) is 18.4 Å². The quantitative estimate of drug-likeness (QED) is 0.852. The molecule has 22 heavy (non-hydrogen) atoms. The first-order valence-corrected chi connectivity index (χ1v) is 8.18. The van der Waals surface area contributed by atoms with Crippen LogP contribution in [0.1, 0.15) is 12.8 Å². The first-order chi connectivity index (χ1) is 10.4. The van der Waals surface area contributed by atoms with E-state index in [-0.39, 0.29) is 23.6 Å². The SMILES string of the molecule is O=C(O)C1CCN(S(=O)(=O)c2ccc3oc(=O)[nH]c3c2)CC1. The van der Waals surface area contributed by atoms with Crippen molar-refractivity contribution >= 4 is 27.1 Å². The van der Waals surface area contributed by atoms with Gasteiger partial charge in [-0.15, -0.1) is 0 Å². The van der Waals surface area contributed by atoms with Crippen LogP contribution >= 0.6 is 0 Å². The number of benzene rings is 1. The zero-order valence-corrected chi connectivity index (χ0v) is 12.3. The number of carbonyl (C=O) groups is 1. The predicted octanol–water partition coefficient (Wildman–Crippen LogP) is 0.606. The van der Waals surface area contributed by atoms with E-state index in [0.717, 1.165) is 0 Å². The molecular weight excluding hydrogens is 312 g/mol. The average molecular weight is 326 g/mol. The van der Waals surface area contributed by atoms with Crippen molar-refractivity contribution in [2.45, 2.75) is 17.7 Å². The van der Waals surface area contributed by atoms with Crippen LogP contribution in [-0.2, 0) is 14.8 Å². The molecule has 0 aliphatic carbocycles. The topological polar surface area (TPSA) is 121 Å². The van der Waals surface area contributed by atoms with Crippen molar-refractivity contribution in [1.82, 2.24) is 9.29 Å². The van der Waals surface area contributed by atoms with Crippen LogP contribution in [0.3, 0.4) is 0 Å². The van der Waals surface area contributed by atoms with Crippen LogP contribution in [0.2, 0.25) is 0 Å². The van der Waals surface area contributed by atoms with Gasteiger partial charge in [0, 0.05) is 13.1 Å². The molecule has 0 unspecified atom stereocenters. The first-order valence-electron chi connectivity index (χ1n) is 6.74. The van der Waals surface area contributed by atoms with Crippen molar-refractivity contribution < 1.29 is 22.7 Å². The standard InChI is InChI=1S/C13H14N2O6S/c16-12(17)8-3-5-15(6-4-8)22(19,20)9-1-2-11-10(7-9)14-13(18)21-11/h1-2,7-8H,3-6H2,(H,14,18)(H,16,17). The smallest absolute Gasteiger partial charge is 0.417 e. The Morgan fingerprint density at radius 1 is 1.32 bits per heavy atom. The van der Waals surface area contributed by atoms with E-state index in [9.17, 15) is 18.0 Å². The number of piperidine rings is 1. The Balaban J connectivity index is 1.88. The van der Waals surface area contributed by atoms with Gasteiger partial charge in [-0.1, -0.05) is 0 Å². The molecule has 0 atom stereocenters. The van der Waals surface area contributed by atoms with Gasteiger partial charge in [0.2, 0.25) is 10.0 Å². The molecule has 118 valence electrons. The second-order valence-electron chi connectivity index (χ2n) is 5.19. The zero-order chi connectivity index (χ0) is 15.9. The largest absolute Gasteiger partial charge is 0.481 e. The fraction of sp³-hybridized carbons (Fsp3) is 0.385. The van der Waals surface area contributed by atoms with Crippen LogP contribution in [0.15, 0.2) is 32.3 Å². The lowest BCUT2D eigenvalue weighted by atomic mass is 9.99. The van der Waals surface area contributed by atoms with Gasteiger partial charge in [0.15, 0.2) is 5.58 Å². The number of nitrogens with zero attached hydrogens (tertiary/aromatic N) is 1. The summed E-state index contributed by atoms with van der Waals surface area (Å²) in [4.78, 5) is 24.5. The Labute approximate surface area is 125 Å². The fourth-order valence-electron chi connectivity index (χ4n) is 2.58. The molecule has 8 nitrogen and oxygen atoms in total. The van der Waals surface area contributed by atoms with E-state index >= 15 is 0 Å². The average Bonchev–Trinajstić information content (AvgIpc) is 2.86. The van der Waals surface area contributed by atoms with E-state index in [1.165, 1.54) is 22.5 Å². The van der Waals surface area contributed by atoms with Crippen LogP contribution < -0.4 is 5.76 Å². The van der Waals surface area contributed by atoms with Crippen molar-refractivity contribution in [3.05, 3.63) is 28.7 Å². The van der Waals surface area contributed by atoms with Gasteiger partial charge in [-0.25, -0.2) is 13.2 Å². The second kappa shape index (κ2) is 5.25. The van der Waals surface area contributed by atoms with Gasteiger partial charge >= 0.3 is 11.7 Å². The van der Waals surface area contributed by atoms with Gasteiger partial charge in [0.1, 0.15) is 0 Å². The van der Waals surface area contributed by atoms with Gasteiger partial charge in [-0.05, 0) is 31.0 Å². The van der Waals surface area contributed by atoms with Crippen LogP contribution in [0.25, 0.3) is 11.1 Å². The van der Waals surface area contributed by atoms with Crippen molar-refractivity contribution in [2.75, 3.05) is 13.1 Å². The molecule has 3 rings (SSSR count). The van der Waals surface area contributed by atoms with Crippen LogP contribution in [0, 0.1) is 5.92 Å². The molecule has 2 heterocycles. The number of hydrogen-bond donors (Lipinski definition) is 2. The molecule has 1 aromatic carbocycles. The number of aliphatic carboxylic acids is 1. The van der Waals surface area contributed by atoms with Crippen molar-refractivity contribution in [3.8, 4) is 0 Å². The van der Waals surface area contributed by atoms with Crippen LogP contribution in [0.5, 0.6) is 0 Å². The third kappa shape index (κ3) is 2.53. The minimum Gasteiger partial charge on any atom is -0.481 e. The van der Waals surface area contributed by atoms with Crippen molar-refractivity contribution in [2.24, 2.45) is 5.92 Å². The lowest BCUT2D eigenvalue weighted by molar-refractivity contribution is -0.142. The molecule has 1 aromatic heterocycles. The minimum atomic E-state index is -3.72. The number of H-pyrrole nitrogens is 1. The van der Waals surface area contributed by atoms with E-state index in [1.54, 1.807) is 0 Å². The summed E-state index contributed by atoms with van der Waals surface area (Å²) in [6, 6.07) is 4.14. The number of fused-ring (bicyclic) bond motifs is 1. The summed E-state index contributed by atoms with van der Waals surface area (Å²) in [5.41, 5.74) is 0.597. The Hall–Kier alpha value is -2.13. The lowest BCUT2D eigenvalue weighted by Gasteiger charge is -2.29.